The lowest BCUT2D eigenvalue weighted by Gasteiger charge is -2.49. The minimum absolute atomic E-state index is 0.0595. The van der Waals surface area contributed by atoms with Crippen molar-refractivity contribution in [2.45, 2.75) is 38.5 Å². The smallest absolute Gasteiger partial charge is 0.338 e. The van der Waals surface area contributed by atoms with E-state index in [0.717, 1.165) is 63.3 Å². The average molecular weight is 724 g/mol. The number of piperazine rings is 1. The second-order valence-electron chi connectivity index (χ2n) is 13.8. The highest BCUT2D eigenvalue weighted by Crippen LogP contribution is 2.32. The molecule has 3 fully saturated rings. The van der Waals surface area contributed by atoms with Crippen molar-refractivity contribution >= 4 is 23.7 Å². The van der Waals surface area contributed by atoms with Gasteiger partial charge in [0.1, 0.15) is 23.4 Å². The molecule has 0 radical (unpaired) electrons. The van der Waals surface area contributed by atoms with Crippen LogP contribution in [0.4, 0.5) is 15.0 Å². The zero-order chi connectivity index (χ0) is 37.1. The van der Waals surface area contributed by atoms with Gasteiger partial charge in [-0.05, 0) is 35.9 Å². The van der Waals surface area contributed by atoms with Crippen LogP contribution in [0.25, 0.3) is 0 Å². The zero-order valence-electron chi connectivity index (χ0n) is 30.0. The molecule has 2 N–H and O–H groups in total. The fourth-order valence-electron chi connectivity index (χ4n) is 7.44. The van der Waals surface area contributed by atoms with Crippen LogP contribution in [0.2, 0.25) is 0 Å². The predicted molar refractivity (Wildman–Crippen MR) is 197 cm³/mol. The zero-order valence-corrected chi connectivity index (χ0v) is 30.0. The molecule has 0 unspecified atom stereocenters. The molecule has 0 saturated carbocycles. The van der Waals surface area contributed by atoms with Crippen LogP contribution in [0, 0.1) is 5.82 Å². The monoisotopic (exact) mass is 723 g/mol. The summed E-state index contributed by atoms with van der Waals surface area (Å²) in [7, 11) is 0. The number of phenols is 1. The van der Waals surface area contributed by atoms with Gasteiger partial charge in [0.15, 0.2) is 5.82 Å². The maximum atomic E-state index is 15.1. The number of hydrogen-bond donors (Lipinski definition) is 2. The van der Waals surface area contributed by atoms with E-state index >= 15 is 4.39 Å². The predicted octanol–water partition coefficient (Wildman–Crippen LogP) is 2.96. The van der Waals surface area contributed by atoms with Crippen molar-refractivity contribution in [1.29, 1.82) is 0 Å². The van der Waals surface area contributed by atoms with Gasteiger partial charge in [0.25, 0.3) is 5.91 Å². The molecule has 14 heteroatoms. The molecule has 53 heavy (non-hydrogen) atoms. The molecule has 7 rings (SSSR count). The maximum absolute atomic E-state index is 15.1. The Labute approximate surface area is 309 Å². The van der Waals surface area contributed by atoms with Crippen LogP contribution in [0.5, 0.6) is 5.75 Å². The largest absolute Gasteiger partial charge is 0.508 e. The number of amides is 4. The normalized spacial score (nSPS) is 20.3. The number of benzene rings is 2. The minimum atomic E-state index is -1.18. The number of rotatable bonds is 11. The molecule has 5 heterocycles. The number of carbonyl (C=O) groups excluding carboxylic acids is 3. The SMILES string of the molecule is C=CCN1CC(=O)N2C(=CN(Cc3cccc(N4CC(N5CCN(CC)CC5)C4)n3)C(=O)[C@@H]2Cc2ccc(O)cc2F)N1C(=O)NCc1ccccc1. The molecule has 278 valence electrons. The maximum Gasteiger partial charge on any atom is 0.338 e. The van der Waals surface area contributed by atoms with Gasteiger partial charge in [-0.2, -0.15) is 5.01 Å². The number of anilines is 1. The molecule has 4 amide bonds. The summed E-state index contributed by atoms with van der Waals surface area (Å²) in [6.07, 6.45) is 2.92. The third kappa shape index (κ3) is 7.75. The Morgan fingerprint density at radius 3 is 2.53 bits per heavy atom. The van der Waals surface area contributed by atoms with Crippen molar-refractivity contribution in [1.82, 2.24) is 39.9 Å². The number of urea groups is 1. The Kier molecular flexibility index (Phi) is 10.7. The van der Waals surface area contributed by atoms with Gasteiger partial charge < -0.3 is 25.1 Å². The first-order valence-electron chi connectivity index (χ1n) is 18.2. The number of carbonyl (C=O) groups is 3. The van der Waals surface area contributed by atoms with Crippen LogP contribution in [0.3, 0.4) is 0 Å². The number of likely N-dealkylation sites (N-methyl/N-ethyl adjacent to an activating group) is 1. The van der Waals surface area contributed by atoms with E-state index in [1.807, 2.05) is 48.5 Å². The van der Waals surface area contributed by atoms with Gasteiger partial charge in [-0.1, -0.05) is 55.5 Å². The topological polar surface area (TPSA) is 119 Å². The number of hydrogen-bond acceptors (Lipinski definition) is 9. The van der Waals surface area contributed by atoms with E-state index in [-0.39, 0.29) is 49.7 Å². The lowest BCUT2D eigenvalue weighted by Crippen LogP contribution is -2.67. The Morgan fingerprint density at radius 2 is 1.81 bits per heavy atom. The van der Waals surface area contributed by atoms with Crippen LogP contribution >= 0.6 is 0 Å². The van der Waals surface area contributed by atoms with Crippen molar-refractivity contribution in [3.63, 3.8) is 0 Å². The average Bonchev–Trinajstić information content (AvgIpc) is 3.14. The summed E-state index contributed by atoms with van der Waals surface area (Å²) in [6.45, 7) is 13.4. The number of nitrogens with zero attached hydrogens (tertiary/aromatic N) is 8. The van der Waals surface area contributed by atoms with E-state index in [9.17, 15) is 19.5 Å². The summed E-state index contributed by atoms with van der Waals surface area (Å²) in [5, 5.41) is 15.7. The van der Waals surface area contributed by atoms with E-state index in [1.54, 1.807) is 11.1 Å². The molecule has 4 aliphatic rings. The van der Waals surface area contributed by atoms with Crippen molar-refractivity contribution in [3.8, 4) is 5.75 Å². The summed E-state index contributed by atoms with van der Waals surface area (Å²) in [6, 6.07) is 17.7. The van der Waals surface area contributed by atoms with Gasteiger partial charge in [0.2, 0.25) is 5.91 Å². The van der Waals surface area contributed by atoms with Gasteiger partial charge in [0.05, 0.1) is 25.0 Å². The fraction of sp³-hybridized carbons (Fsp3) is 0.385. The molecule has 0 bridgehead atoms. The van der Waals surface area contributed by atoms with E-state index in [0.29, 0.717) is 11.7 Å². The molecule has 13 nitrogen and oxygen atoms in total. The third-order valence-electron chi connectivity index (χ3n) is 10.4. The van der Waals surface area contributed by atoms with Crippen LogP contribution < -0.4 is 10.2 Å². The highest BCUT2D eigenvalue weighted by molar-refractivity contribution is 5.94. The molecular weight excluding hydrogens is 677 g/mol. The van der Waals surface area contributed by atoms with Gasteiger partial charge in [-0.15, -0.1) is 6.58 Å². The Morgan fingerprint density at radius 1 is 1.04 bits per heavy atom. The summed E-state index contributed by atoms with van der Waals surface area (Å²) in [5.41, 5.74) is 1.66. The van der Waals surface area contributed by atoms with Crippen molar-refractivity contribution in [3.05, 3.63) is 114 Å². The molecule has 1 atom stereocenters. The van der Waals surface area contributed by atoms with Crippen LogP contribution in [0.1, 0.15) is 23.7 Å². The van der Waals surface area contributed by atoms with Crippen LogP contribution in [-0.4, -0.2) is 129 Å². The fourth-order valence-corrected chi connectivity index (χ4v) is 7.44. The quantitative estimate of drug-likeness (QED) is 0.288. The summed E-state index contributed by atoms with van der Waals surface area (Å²) in [4.78, 5) is 57.2. The Bertz CT molecular complexity index is 1860. The summed E-state index contributed by atoms with van der Waals surface area (Å²) < 4.78 is 15.1. The molecule has 1 aromatic heterocycles. The molecular formula is C39H46FN9O4. The number of hydrazine groups is 1. The van der Waals surface area contributed by atoms with Gasteiger partial charge >= 0.3 is 6.03 Å². The van der Waals surface area contributed by atoms with Crippen LogP contribution in [0.15, 0.2) is 91.4 Å². The molecule has 0 spiro atoms. The molecule has 0 aliphatic carbocycles. The van der Waals surface area contributed by atoms with E-state index in [1.165, 1.54) is 33.1 Å². The standard InChI is InChI=1S/C39H46FN9O4/c1-3-15-47-27-37(51)48-34(20-29-13-14-32(50)21-33(29)40)38(52)46(26-36(48)49(47)39(53)41-22-28-9-6-5-7-10-28)23-30-11-8-12-35(42-30)45-24-31(25-45)44-18-16-43(4-2)17-19-44/h3,5-14,21,26,31,34,50H,1,4,15-20,22-25,27H2,2H3,(H,41,53)/t34-/m0/s1. The number of aromatic hydroxyl groups is 1. The molecule has 3 saturated heterocycles. The van der Waals surface area contributed by atoms with E-state index in [2.05, 4.69) is 33.5 Å². The number of pyridine rings is 1. The Balaban J connectivity index is 1.16. The first kappa shape index (κ1) is 36.1. The van der Waals surface area contributed by atoms with E-state index < -0.39 is 29.7 Å². The van der Waals surface area contributed by atoms with Gasteiger partial charge in [-0.3, -0.25) is 19.4 Å². The Hall–Kier alpha value is -5.31. The number of halogens is 1. The van der Waals surface area contributed by atoms with Crippen LogP contribution in [-0.2, 0) is 29.1 Å². The van der Waals surface area contributed by atoms with Crippen molar-refractivity contribution in [2.75, 3.05) is 63.8 Å². The lowest BCUT2D eigenvalue weighted by molar-refractivity contribution is -0.157. The molecule has 2 aromatic carbocycles. The molecule has 4 aliphatic heterocycles. The van der Waals surface area contributed by atoms with E-state index in [4.69, 9.17) is 4.98 Å². The van der Waals surface area contributed by atoms with Crippen molar-refractivity contribution < 1.29 is 23.9 Å². The van der Waals surface area contributed by atoms with Crippen molar-refractivity contribution in [2.24, 2.45) is 0 Å². The number of nitrogens with one attached hydrogen (secondary N) is 1. The second-order valence-corrected chi connectivity index (χ2v) is 13.8. The number of fused-ring (bicyclic) bond motifs is 1. The van der Waals surface area contributed by atoms with Gasteiger partial charge in [0, 0.05) is 70.9 Å². The van der Waals surface area contributed by atoms with Gasteiger partial charge in [-0.25, -0.2) is 19.2 Å². The second kappa shape index (κ2) is 15.7. The number of aromatic nitrogens is 1. The third-order valence-corrected chi connectivity index (χ3v) is 10.4. The summed E-state index contributed by atoms with van der Waals surface area (Å²) >= 11 is 0. The highest BCUT2D eigenvalue weighted by atomic mass is 19.1. The first-order chi connectivity index (χ1) is 25.7. The lowest BCUT2D eigenvalue weighted by atomic mass is 10.00. The number of phenolic OH excluding ortho intramolecular Hbond substituents is 1. The molecule has 3 aromatic rings. The first-order valence-corrected chi connectivity index (χ1v) is 18.2. The minimum Gasteiger partial charge on any atom is -0.508 e. The summed E-state index contributed by atoms with van der Waals surface area (Å²) in [5.74, 6) is -0.853. The highest BCUT2D eigenvalue weighted by Gasteiger charge is 2.47.